The maximum absolute atomic E-state index is 13.2. The van der Waals surface area contributed by atoms with E-state index in [0.29, 0.717) is 18.3 Å². The zero-order valence-corrected chi connectivity index (χ0v) is 20.8. The van der Waals surface area contributed by atoms with Crippen molar-refractivity contribution in [2.45, 2.75) is 52.6 Å². The van der Waals surface area contributed by atoms with Crippen LogP contribution in [0.25, 0.3) is 11.1 Å². The zero-order valence-electron chi connectivity index (χ0n) is 20.1. The molecule has 0 radical (unpaired) electrons. The molecule has 1 saturated carbocycles. The van der Waals surface area contributed by atoms with Gasteiger partial charge in [0.1, 0.15) is 12.4 Å². The minimum absolute atomic E-state index is 0.0889. The van der Waals surface area contributed by atoms with Gasteiger partial charge in [-0.15, -0.1) is 0 Å². The maximum atomic E-state index is 13.2. The van der Waals surface area contributed by atoms with Gasteiger partial charge in [0.2, 0.25) is 0 Å². The van der Waals surface area contributed by atoms with E-state index in [9.17, 15) is 14.7 Å². The summed E-state index contributed by atoms with van der Waals surface area (Å²) in [6, 6.07) is 15.0. The minimum atomic E-state index is -1.04. The fraction of sp³-hybridized carbons (Fsp3) is 0.333. The van der Waals surface area contributed by atoms with Crippen LogP contribution in [0.3, 0.4) is 0 Å². The van der Waals surface area contributed by atoms with Gasteiger partial charge in [0.05, 0.1) is 10.6 Å². The monoisotopic (exact) mass is 488 g/mol. The number of aromatic carboxylic acids is 1. The second-order valence-corrected chi connectivity index (χ2v) is 10.3. The molecule has 0 aromatic heterocycles. The number of benzene rings is 3. The number of hydrogen-bond donors (Lipinski definition) is 1. The number of ketones is 1. The second kappa shape index (κ2) is 9.50. The molecule has 35 heavy (non-hydrogen) atoms. The Bertz CT molecular complexity index is 1320. The number of ether oxygens (including phenoxy) is 1. The molecule has 2 aliphatic carbocycles. The number of carboxylic acid groups (broad SMARTS) is 1. The first-order chi connectivity index (χ1) is 16.8. The summed E-state index contributed by atoms with van der Waals surface area (Å²) in [7, 11) is 0. The molecule has 5 heteroatoms. The van der Waals surface area contributed by atoms with Crippen molar-refractivity contribution in [2.24, 2.45) is 11.8 Å². The summed E-state index contributed by atoms with van der Waals surface area (Å²) >= 11 is 6.17. The van der Waals surface area contributed by atoms with Crippen LogP contribution in [0, 0.1) is 25.7 Å². The molecule has 4 nitrogen and oxygen atoms in total. The highest BCUT2D eigenvalue weighted by Gasteiger charge is 2.39. The summed E-state index contributed by atoms with van der Waals surface area (Å²) in [4.78, 5) is 24.5. The molecule has 0 aliphatic heterocycles. The van der Waals surface area contributed by atoms with Crippen molar-refractivity contribution < 1.29 is 19.4 Å². The van der Waals surface area contributed by atoms with E-state index in [-0.39, 0.29) is 16.5 Å². The van der Waals surface area contributed by atoms with Crippen molar-refractivity contribution in [3.8, 4) is 16.9 Å². The van der Waals surface area contributed by atoms with Crippen LogP contribution in [0.1, 0.15) is 68.7 Å². The molecule has 1 unspecified atom stereocenters. The van der Waals surface area contributed by atoms with E-state index in [1.807, 2.05) is 38.1 Å². The number of carbonyl (C=O) groups excluding carboxylic acids is 1. The predicted octanol–water partition coefficient (Wildman–Crippen LogP) is 7.45. The molecule has 0 amide bonds. The average Bonchev–Trinajstić information content (AvgIpc) is 3.48. The number of fused-ring (bicyclic) bond motifs is 1. The topological polar surface area (TPSA) is 63.6 Å². The normalized spacial score (nSPS) is 17.6. The zero-order chi connectivity index (χ0) is 24.7. The molecule has 180 valence electrons. The van der Waals surface area contributed by atoms with Gasteiger partial charge in [0, 0.05) is 11.5 Å². The Morgan fingerprint density at radius 3 is 2.49 bits per heavy atom. The standard InChI is InChI=1S/C30H29ClO4/c1-17-18(2)28-23(13-25(29(28)32)20-7-3-4-8-20)15-27(17)35-16-19-6-5-9-21(12-19)22-10-11-24(30(33)34)26(31)14-22/h5-6,9-12,14-15,20,25H,3-4,7-8,13,16H2,1-2H3,(H,33,34). The number of Topliss-reactive ketones (excluding diaryl/α,β-unsaturated/α-hetero) is 1. The highest BCUT2D eigenvalue weighted by atomic mass is 35.5. The molecule has 0 bridgehead atoms. The fourth-order valence-corrected chi connectivity index (χ4v) is 5.99. The summed E-state index contributed by atoms with van der Waals surface area (Å²) in [5.74, 6) is 0.788. The third kappa shape index (κ3) is 4.48. The Kier molecular flexibility index (Phi) is 6.41. The lowest BCUT2D eigenvalue weighted by molar-refractivity contribution is 0.0696. The maximum Gasteiger partial charge on any atom is 0.337 e. The molecule has 1 atom stereocenters. The van der Waals surface area contributed by atoms with Crippen LogP contribution in [0.5, 0.6) is 5.75 Å². The van der Waals surface area contributed by atoms with Gasteiger partial charge in [-0.3, -0.25) is 4.79 Å². The fourth-order valence-electron chi connectivity index (χ4n) is 5.73. The predicted molar refractivity (Wildman–Crippen MR) is 138 cm³/mol. The first-order valence-corrected chi connectivity index (χ1v) is 12.6. The molecule has 5 rings (SSSR count). The van der Waals surface area contributed by atoms with Gasteiger partial charge in [0.15, 0.2) is 5.78 Å². The van der Waals surface area contributed by atoms with Gasteiger partial charge >= 0.3 is 5.97 Å². The quantitative estimate of drug-likeness (QED) is 0.391. The SMILES string of the molecule is Cc1c(OCc2cccc(-c3ccc(C(=O)O)c(Cl)c3)c2)cc2c(c1C)C(=O)C(C1CCCC1)C2. The van der Waals surface area contributed by atoms with Crippen molar-refractivity contribution in [1.29, 1.82) is 0 Å². The number of halogens is 1. The minimum Gasteiger partial charge on any atom is -0.489 e. The summed E-state index contributed by atoms with van der Waals surface area (Å²) in [5, 5.41) is 9.43. The van der Waals surface area contributed by atoms with Gasteiger partial charge in [-0.25, -0.2) is 4.79 Å². The van der Waals surface area contributed by atoms with Gasteiger partial charge in [-0.05, 0) is 96.7 Å². The largest absolute Gasteiger partial charge is 0.489 e. The third-order valence-corrected chi connectivity index (χ3v) is 8.09. The van der Waals surface area contributed by atoms with E-state index in [4.69, 9.17) is 16.3 Å². The molecule has 0 saturated heterocycles. The highest BCUT2D eigenvalue weighted by Crippen LogP contribution is 2.43. The van der Waals surface area contributed by atoms with Gasteiger partial charge < -0.3 is 9.84 Å². The van der Waals surface area contributed by atoms with Crippen molar-refractivity contribution in [3.05, 3.63) is 86.9 Å². The summed E-state index contributed by atoms with van der Waals surface area (Å²) in [6.07, 6.45) is 5.66. The summed E-state index contributed by atoms with van der Waals surface area (Å²) in [5.41, 5.74) is 7.01. The van der Waals surface area contributed by atoms with Crippen molar-refractivity contribution in [3.63, 3.8) is 0 Å². The number of hydrogen-bond acceptors (Lipinski definition) is 3. The van der Waals surface area contributed by atoms with Crippen LogP contribution in [-0.4, -0.2) is 16.9 Å². The Labute approximate surface area is 210 Å². The molecule has 3 aromatic rings. The lowest BCUT2D eigenvalue weighted by Gasteiger charge is -2.16. The van der Waals surface area contributed by atoms with E-state index in [1.165, 1.54) is 31.7 Å². The number of carbonyl (C=O) groups is 2. The van der Waals surface area contributed by atoms with E-state index >= 15 is 0 Å². The van der Waals surface area contributed by atoms with Crippen LogP contribution in [0.15, 0.2) is 48.5 Å². The second-order valence-electron chi connectivity index (χ2n) is 9.87. The van der Waals surface area contributed by atoms with E-state index in [2.05, 4.69) is 6.07 Å². The van der Waals surface area contributed by atoms with Crippen LogP contribution >= 0.6 is 11.6 Å². The van der Waals surface area contributed by atoms with Crippen LogP contribution in [-0.2, 0) is 13.0 Å². The smallest absolute Gasteiger partial charge is 0.337 e. The van der Waals surface area contributed by atoms with Crippen molar-refractivity contribution >= 4 is 23.4 Å². The molecule has 3 aromatic carbocycles. The lowest BCUT2D eigenvalue weighted by Crippen LogP contribution is -2.18. The Hall–Kier alpha value is -3.11. The molecular weight excluding hydrogens is 460 g/mol. The van der Waals surface area contributed by atoms with Crippen LogP contribution in [0.4, 0.5) is 0 Å². The highest BCUT2D eigenvalue weighted by molar-refractivity contribution is 6.33. The molecular formula is C30H29ClO4. The first kappa shape index (κ1) is 23.6. The number of rotatable bonds is 6. The van der Waals surface area contributed by atoms with Gasteiger partial charge in [-0.2, -0.15) is 0 Å². The van der Waals surface area contributed by atoms with Crippen molar-refractivity contribution in [1.82, 2.24) is 0 Å². The molecule has 1 fully saturated rings. The summed E-state index contributed by atoms with van der Waals surface area (Å²) < 4.78 is 6.28. The third-order valence-electron chi connectivity index (χ3n) is 7.78. The molecule has 1 N–H and O–H groups in total. The van der Waals surface area contributed by atoms with E-state index in [0.717, 1.165) is 51.1 Å². The lowest BCUT2D eigenvalue weighted by atomic mass is 9.87. The van der Waals surface area contributed by atoms with Crippen LogP contribution < -0.4 is 4.74 Å². The first-order valence-electron chi connectivity index (χ1n) is 12.3. The van der Waals surface area contributed by atoms with Gasteiger partial charge in [0.25, 0.3) is 0 Å². The summed E-state index contributed by atoms with van der Waals surface area (Å²) in [6.45, 7) is 4.47. The molecule has 0 heterocycles. The van der Waals surface area contributed by atoms with Crippen LogP contribution in [0.2, 0.25) is 5.02 Å². The van der Waals surface area contributed by atoms with E-state index in [1.54, 1.807) is 12.1 Å². The van der Waals surface area contributed by atoms with Crippen molar-refractivity contribution in [2.75, 3.05) is 0 Å². The number of carboxylic acids is 1. The molecule has 0 spiro atoms. The molecule has 2 aliphatic rings. The Morgan fingerprint density at radius 1 is 1.03 bits per heavy atom. The average molecular weight is 489 g/mol. The Morgan fingerprint density at radius 2 is 1.77 bits per heavy atom. The van der Waals surface area contributed by atoms with Gasteiger partial charge in [-0.1, -0.05) is 48.7 Å². The van der Waals surface area contributed by atoms with E-state index < -0.39 is 5.97 Å². The Balaban J connectivity index is 1.35.